The number of rotatable bonds is 9. The minimum Gasteiger partial charge on any atom is -0.462 e. The van der Waals surface area contributed by atoms with Crippen LogP contribution in [-0.2, 0) is 17.8 Å². The molecule has 240 valence electrons. The molecule has 6 rings (SSSR count). The van der Waals surface area contributed by atoms with Crippen LogP contribution in [0.2, 0.25) is 0 Å². The van der Waals surface area contributed by atoms with E-state index in [0.717, 1.165) is 43.0 Å². The lowest BCUT2D eigenvalue weighted by Crippen LogP contribution is -2.53. The second-order valence-electron chi connectivity index (χ2n) is 12.7. The molecule has 0 saturated carbocycles. The van der Waals surface area contributed by atoms with Crippen LogP contribution in [0, 0.1) is 18.3 Å². The number of likely N-dealkylation sites (N-methyl/N-ethyl adjacent to an activating group) is 1. The zero-order valence-electron chi connectivity index (χ0n) is 27.3. The van der Waals surface area contributed by atoms with Gasteiger partial charge in [-0.1, -0.05) is 43.5 Å². The van der Waals surface area contributed by atoms with E-state index >= 15 is 0 Å². The lowest BCUT2D eigenvalue weighted by Gasteiger charge is -2.44. The van der Waals surface area contributed by atoms with Crippen molar-refractivity contribution in [3.8, 4) is 12.1 Å². The molecule has 0 radical (unpaired) electrons. The molecule has 2 saturated heterocycles. The van der Waals surface area contributed by atoms with Gasteiger partial charge in [0, 0.05) is 55.8 Å². The molecular weight excluding hydrogens is 576 g/mol. The van der Waals surface area contributed by atoms with E-state index in [1.807, 2.05) is 0 Å². The number of carbonyl (C=O) groups excluding carboxylic acids is 1. The van der Waals surface area contributed by atoms with Crippen LogP contribution in [0.5, 0.6) is 6.01 Å². The summed E-state index contributed by atoms with van der Waals surface area (Å²) in [5.74, 6) is 0.695. The first-order chi connectivity index (χ1) is 22.2. The van der Waals surface area contributed by atoms with Crippen LogP contribution >= 0.6 is 0 Å². The molecule has 1 aromatic heterocycles. The van der Waals surface area contributed by atoms with Gasteiger partial charge in [0.2, 0.25) is 5.91 Å². The Balaban J connectivity index is 1.31. The molecule has 0 bridgehead atoms. The Bertz CT molecular complexity index is 1690. The lowest BCUT2D eigenvalue weighted by atomic mass is 9.99. The highest BCUT2D eigenvalue weighted by Crippen LogP contribution is 2.36. The van der Waals surface area contributed by atoms with Crippen molar-refractivity contribution in [1.82, 2.24) is 25.1 Å². The molecule has 0 spiro atoms. The maximum Gasteiger partial charge on any atom is 0.318 e. The summed E-state index contributed by atoms with van der Waals surface area (Å²) in [6, 6.07) is 16.0. The number of nitrogens with zero attached hydrogens (tertiary/aromatic N) is 7. The number of nitriles is 1. The SMILES string of the molecule is C=C(NC(C)=O)C(=C)N1CCN(c2nc(OC[C@@H]3CCCN3C)nc3c2CCN(c2cccc4cccc(C)c24)C3)C[C@@H]1CC#N. The number of piperazine rings is 1. The summed E-state index contributed by atoms with van der Waals surface area (Å²) in [5, 5.41) is 15.0. The van der Waals surface area contributed by atoms with Gasteiger partial charge in [-0.15, -0.1) is 0 Å². The molecule has 2 fully saturated rings. The molecule has 46 heavy (non-hydrogen) atoms. The maximum atomic E-state index is 11.7. The summed E-state index contributed by atoms with van der Waals surface area (Å²) >= 11 is 0. The Kier molecular flexibility index (Phi) is 9.13. The number of hydrogen-bond acceptors (Lipinski definition) is 9. The van der Waals surface area contributed by atoms with Crippen LogP contribution in [0.15, 0.2) is 61.0 Å². The quantitative estimate of drug-likeness (QED) is 0.346. The molecule has 2 aromatic carbocycles. The van der Waals surface area contributed by atoms with Crippen LogP contribution < -0.4 is 19.9 Å². The number of benzene rings is 2. The molecule has 3 aromatic rings. The summed E-state index contributed by atoms with van der Waals surface area (Å²) in [4.78, 5) is 30.9. The molecule has 10 nitrogen and oxygen atoms in total. The monoisotopic (exact) mass is 620 g/mol. The number of nitrogens with one attached hydrogen (secondary N) is 1. The number of anilines is 2. The van der Waals surface area contributed by atoms with Gasteiger partial charge in [-0.2, -0.15) is 15.2 Å². The molecule has 0 aliphatic carbocycles. The van der Waals surface area contributed by atoms with Gasteiger partial charge in [-0.25, -0.2) is 0 Å². The van der Waals surface area contributed by atoms with Crippen molar-refractivity contribution in [1.29, 1.82) is 5.26 Å². The van der Waals surface area contributed by atoms with Crippen molar-refractivity contribution in [2.24, 2.45) is 0 Å². The van der Waals surface area contributed by atoms with Crippen LogP contribution in [0.1, 0.15) is 43.0 Å². The van der Waals surface area contributed by atoms with Gasteiger partial charge in [-0.05, 0) is 56.8 Å². The third kappa shape index (κ3) is 6.38. The van der Waals surface area contributed by atoms with Gasteiger partial charge in [0.05, 0.1) is 42.2 Å². The summed E-state index contributed by atoms with van der Waals surface area (Å²) in [6.07, 6.45) is 3.38. The molecule has 1 N–H and O–H groups in total. The first-order valence-corrected chi connectivity index (χ1v) is 16.2. The molecule has 2 atom stereocenters. The standard InChI is InChI=1S/C36H44N8O2/c1-24-9-6-10-28-11-7-13-33(34(24)28)42-18-15-31-32(22-42)39-36(46-23-30-12-8-17-41(30)5)40-35(31)43-19-20-44(29(21-43)14-16-37)26(3)25(2)38-27(4)45/h6-7,9-11,13,29-30H,2-3,8,12,14-15,17-23H2,1,4-5H3,(H,38,45)/t29-,30-/m0/s1. The summed E-state index contributed by atoms with van der Waals surface area (Å²) in [6.45, 7) is 16.9. The minimum atomic E-state index is -0.196. The number of aromatic nitrogens is 2. The Morgan fingerprint density at radius 2 is 1.89 bits per heavy atom. The summed E-state index contributed by atoms with van der Waals surface area (Å²) in [7, 11) is 2.15. The molecule has 3 aliphatic rings. The predicted octanol–water partition coefficient (Wildman–Crippen LogP) is 4.54. The fourth-order valence-electron chi connectivity index (χ4n) is 7.19. The second-order valence-corrected chi connectivity index (χ2v) is 12.7. The number of amides is 1. The van der Waals surface area contributed by atoms with E-state index in [-0.39, 0.29) is 11.9 Å². The van der Waals surface area contributed by atoms with Gasteiger partial charge in [0.15, 0.2) is 0 Å². The van der Waals surface area contributed by atoms with E-state index in [0.29, 0.717) is 62.7 Å². The van der Waals surface area contributed by atoms with E-state index in [4.69, 9.17) is 14.7 Å². The maximum absolute atomic E-state index is 11.7. The van der Waals surface area contributed by atoms with E-state index in [9.17, 15) is 10.1 Å². The molecule has 3 aliphatic heterocycles. The van der Waals surface area contributed by atoms with Crippen molar-refractivity contribution in [2.45, 2.75) is 58.2 Å². The highest BCUT2D eigenvalue weighted by Gasteiger charge is 2.33. The Morgan fingerprint density at radius 3 is 2.63 bits per heavy atom. The normalized spacial score (nSPS) is 19.9. The Hall–Kier alpha value is -4.62. The summed E-state index contributed by atoms with van der Waals surface area (Å²) < 4.78 is 6.35. The summed E-state index contributed by atoms with van der Waals surface area (Å²) in [5.41, 5.74) is 5.70. The number of likely N-dealkylation sites (tertiary alicyclic amines) is 1. The molecular formula is C36H44N8O2. The first-order valence-electron chi connectivity index (χ1n) is 16.2. The third-order valence-corrected chi connectivity index (χ3v) is 9.66. The van der Waals surface area contributed by atoms with E-state index in [1.165, 1.54) is 35.4 Å². The topological polar surface area (TPSA) is 101 Å². The smallest absolute Gasteiger partial charge is 0.318 e. The van der Waals surface area contributed by atoms with Crippen molar-refractivity contribution in [2.75, 3.05) is 56.2 Å². The number of carbonyl (C=O) groups is 1. The largest absolute Gasteiger partial charge is 0.462 e. The van der Waals surface area contributed by atoms with E-state index in [1.54, 1.807) is 0 Å². The first kappa shape index (κ1) is 31.4. The average Bonchev–Trinajstić information content (AvgIpc) is 3.46. The van der Waals surface area contributed by atoms with Crippen LogP contribution in [0.4, 0.5) is 11.5 Å². The minimum absolute atomic E-state index is 0.141. The van der Waals surface area contributed by atoms with Crippen LogP contribution in [0.25, 0.3) is 10.8 Å². The predicted molar refractivity (Wildman–Crippen MR) is 182 cm³/mol. The highest BCUT2D eigenvalue weighted by molar-refractivity contribution is 5.97. The van der Waals surface area contributed by atoms with Crippen molar-refractivity contribution >= 4 is 28.2 Å². The second kappa shape index (κ2) is 13.4. The van der Waals surface area contributed by atoms with Gasteiger partial charge in [0.25, 0.3) is 0 Å². The van der Waals surface area contributed by atoms with Crippen molar-refractivity contribution < 1.29 is 9.53 Å². The van der Waals surface area contributed by atoms with Crippen molar-refractivity contribution in [3.63, 3.8) is 0 Å². The number of fused-ring (bicyclic) bond motifs is 2. The Morgan fingerprint density at radius 1 is 1.09 bits per heavy atom. The third-order valence-electron chi connectivity index (χ3n) is 9.66. The van der Waals surface area contributed by atoms with Gasteiger partial charge in [-0.3, -0.25) is 4.79 Å². The molecule has 0 unspecified atom stereocenters. The number of ether oxygens (including phenoxy) is 1. The fraction of sp³-hybridized carbons (Fsp3) is 0.444. The zero-order valence-corrected chi connectivity index (χ0v) is 27.3. The molecule has 1 amide bonds. The highest BCUT2D eigenvalue weighted by atomic mass is 16.5. The fourth-order valence-corrected chi connectivity index (χ4v) is 7.19. The average molecular weight is 621 g/mol. The van der Waals surface area contributed by atoms with Gasteiger partial charge < -0.3 is 29.7 Å². The van der Waals surface area contributed by atoms with Crippen molar-refractivity contribution in [3.05, 3.63) is 77.8 Å². The lowest BCUT2D eigenvalue weighted by molar-refractivity contribution is -0.118. The van der Waals surface area contributed by atoms with E-state index in [2.05, 4.69) is 94.5 Å². The molecule has 4 heterocycles. The van der Waals surface area contributed by atoms with Gasteiger partial charge in [0.1, 0.15) is 12.4 Å². The molecule has 10 heteroatoms. The van der Waals surface area contributed by atoms with Crippen LogP contribution in [0.3, 0.4) is 0 Å². The zero-order chi connectivity index (χ0) is 32.4. The number of aryl methyl sites for hydroxylation is 1. The number of hydrogen-bond donors (Lipinski definition) is 1. The van der Waals surface area contributed by atoms with Crippen LogP contribution in [-0.4, -0.2) is 84.1 Å². The Labute approximate surface area is 271 Å². The van der Waals surface area contributed by atoms with Gasteiger partial charge >= 0.3 is 6.01 Å². The van der Waals surface area contributed by atoms with E-state index < -0.39 is 0 Å².